The first-order chi connectivity index (χ1) is 34.1. The van der Waals surface area contributed by atoms with Crippen molar-refractivity contribution in [1.29, 1.82) is 0 Å². The molecule has 12 nitrogen and oxygen atoms in total. The first kappa shape index (κ1) is 54.3. The number of likely N-dealkylation sites (N-methyl/N-ethyl adjacent to an activating group) is 1. The van der Waals surface area contributed by atoms with Gasteiger partial charge >= 0.3 is 0 Å². The Morgan fingerprint density at radius 1 is 0.694 bits per heavy atom. The second-order valence-corrected chi connectivity index (χ2v) is 22.6. The number of aliphatic hydroxyl groups excluding tert-OH is 2. The normalized spacial score (nSPS) is 18.2. The van der Waals surface area contributed by atoms with Gasteiger partial charge in [-0.05, 0) is 128 Å². The number of rotatable bonds is 19. The molecule has 0 bridgehead atoms. The summed E-state index contributed by atoms with van der Waals surface area (Å²) in [6.07, 6.45) is 4.78. The van der Waals surface area contributed by atoms with E-state index in [1.807, 2.05) is 106 Å². The van der Waals surface area contributed by atoms with E-state index in [0.29, 0.717) is 43.4 Å². The molecule has 4 heterocycles. The Morgan fingerprint density at radius 3 is 1.56 bits per heavy atom. The molecule has 6 atom stereocenters. The number of hydrogen-bond acceptors (Lipinski definition) is 7. The lowest BCUT2D eigenvalue weighted by Crippen LogP contribution is -2.56. The van der Waals surface area contributed by atoms with Crippen LogP contribution in [0.25, 0.3) is 44.3 Å². The lowest BCUT2D eigenvalue weighted by atomic mass is 9.76. The van der Waals surface area contributed by atoms with Crippen LogP contribution in [0.4, 0.5) is 8.78 Å². The lowest BCUT2D eigenvalue weighted by Gasteiger charge is -2.36. The average Bonchev–Trinajstić information content (AvgIpc) is 4.13. The zero-order valence-electron chi connectivity index (χ0n) is 44.2. The number of carbonyl (C=O) groups is 4. The number of nitrogens with one attached hydrogen (secondary N) is 2. The maximum Gasteiger partial charge on any atom is 0.245 e. The van der Waals surface area contributed by atoms with Gasteiger partial charge < -0.3 is 39.8 Å². The summed E-state index contributed by atoms with van der Waals surface area (Å²) in [5.74, 6) is -1.92. The molecule has 14 heteroatoms. The van der Waals surface area contributed by atoms with E-state index in [-0.39, 0.29) is 80.3 Å². The zero-order valence-corrected chi connectivity index (χ0v) is 44.2. The average molecular weight is 993 g/mol. The molecule has 0 unspecified atom stereocenters. The van der Waals surface area contributed by atoms with Gasteiger partial charge in [-0.15, -0.1) is 0 Å². The summed E-state index contributed by atoms with van der Waals surface area (Å²) in [6.45, 7) is 18.6. The van der Waals surface area contributed by atoms with Gasteiger partial charge in [-0.3, -0.25) is 19.2 Å². The Balaban J connectivity index is 1.30. The van der Waals surface area contributed by atoms with Crippen LogP contribution in [0.3, 0.4) is 0 Å². The third-order valence-electron chi connectivity index (χ3n) is 15.7. The van der Waals surface area contributed by atoms with Gasteiger partial charge in [0.25, 0.3) is 0 Å². The van der Waals surface area contributed by atoms with Crippen LogP contribution >= 0.6 is 0 Å². The fourth-order valence-electron chi connectivity index (χ4n) is 11.2. The molecule has 5 aromatic rings. The standard InChI is InChI=1S/C58H78F2N6O6/c1-11-35(2)54(70)62-53(58(7,8)9)56(72)64-25-13-15-42(64)33-46-44-23-21-40(60)31-49(44)66(27-29-68)52(46)38-18-16-37(17-19-38)51-45(43-22-20-39(59)30-48(43)65(51)26-28-67)32-41-14-12-24-63(41)55(71)47(57(4,5)6)34-50(69)36(3)61-10/h16-23,30-31,35-36,41-42,47,53,61,67-68H,11-15,24-29,32-34H2,1-10H3,(H,62,70)/t35-,36+,41+,42+,47-,53-/m1/s1. The Hall–Kier alpha value is -5.44. The van der Waals surface area contributed by atoms with Gasteiger partial charge in [0.05, 0.1) is 41.7 Å². The quantitative estimate of drug-likeness (QED) is 0.0645. The van der Waals surface area contributed by atoms with E-state index >= 15 is 8.78 Å². The molecular formula is C58H78F2N6O6. The van der Waals surface area contributed by atoms with Crippen molar-refractivity contribution in [3.05, 3.63) is 83.4 Å². The number of fused-ring (bicyclic) bond motifs is 2. The number of amides is 3. The molecule has 2 aliphatic heterocycles. The number of Topliss-reactive ketones (excluding diaryl/α,β-unsaturated/α-hetero) is 1. The highest BCUT2D eigenvalue weighted by molar-refractivity contribution is 5.95. The van der Waals surface area contributed by atoms with Crippen molar-refractivity contribution in [2.75, 3.05) is 33.4 Å². The van der Waals surface area contributed by atoms with E-state index < -0.39 is 34.4 Å². The number of halogens is 2. The van der Waals surface area contributed by atoms with Crippen LogP contribution in [0.2, 0.25) is 0 Å². The topological polar surface area (TPSA) is 149 Å². The van der Waals surface area contributed by atoms with Gasteiger partial charge in [-0.1, -0.05) is 79.7 Å². The van der Waals surface area contributed by atoms with Crippen LogP contribution in [-0.4, -0.2) is 110 Å². The highest BCUT2D eigenvalue weighted by atomic mass is 19.1. The minimum atomic E-state index is -0.736. The predicted octanol–water partition coefficient (Wildman–Crippen LogP) is 9.07. The van der Waals surface area contributed by atoms with Crippen LogP contribution in [-0.2, 0) is 45.1 Å². The van der Waals surface area contributed by atoms with Crippen LogP contribution in [0, 0.1) is 34.3 Å². The predicted molar refractivity (Wildman–Crippen MR) is 281 cm³/mol. The number of nitrogens with zero attached hydrogens (tertiary/aromatic N) is 4. The SMILES string of the molecule is CC[C@@H](C)C(=O)N[C@H](C(=O)N1CCC[C@H]1Cc1c(-c2ccc(-c3c(C[C@@H]4CCCN4C(=O)[C@@H](CC(=O)[C@H](C)NC)C(C)(C)C)c4ccc(F)cc4n3CCO)cc2)n(CCO)c2cc(F)ccc12)C(C)(C)C. The molecule has 0 aliphatic carbocycles. The van der Waals surface area contributed by atoms with Gasteiger partial charge in [0.1, 0.15) is 23.5 Å². The molecule has 2 aliphatic rings. The number of aliphatic hydroxyl groups is 2. The fourth-order valence-corrected chi connectivity index (χ4v) is 11.2. The Bertz CT molecular complexity index is 2580. The molecule has 7 rings (SSSR count). The number of likely N-dealkylation sites (tertiary alicyclic amines) is 2. The Morgan fingerprint density at radius 2 is 1.15 bits per heavy atom. The van der Waals surface area contributed by atoms with Crippen molar-refractivity contribution < 1.29 is 38.2 Å². The molecule has 0 radical (unpaired) electrons. The maximum absolute atomic E-state index is 15.2. The van der Waals surface area contributed by atoms with Crippen LogP contribution in [0.5, 0.6) is 0 Å². The summed E-state index contributed by atoms with van der Waals surface area (Å²) < 4.78 is 34.3. The smallest absolute Gasteiger partial charge is 0.245 e. The number of benzene rings is 3. The maximum atomic E-state index is 15.2. The number of ketones is 1. The summed E-state index contributed by atoms with van der Waals surface area (Å²) in [5.41, 5.74) is 5.28. The summed E-state index contributed by atoms with van der Waals surface area (Å²) >= 11 is 0. The highest BCUT2D eigenvalue weighted by Gasteiger charge is 2.42. The van der Waals surface area contributed by atoms with Crippen LogP contribution in [0.15, 0.2) is 60.7 Å². The lowest BCUT2D eigenvalue weighted by molar-refractivity contribution is -0.143. The highest BCUT2D eigenvalue weighted by Crippen LogP contribution is 2.42. The molecule has 390 valence electrons. The van der Waals surface area contributed by atoms with Crippen LogP contribution < -0.4 is 10.6 Å². The number of carbonyl (C=O) groups excluding carboxylic acids is 4. The van der Waals surface area contributed by atoms with Crippen molar-refractivity contribution in [1.82, 2.24) is 29.6 Å². The monoisotopic (exact) mass is 993 g/mol. The number of hydrogen-bond donors (Lipinski definition) is 4. The Kier molecular flexibility index (Phi) is 16.9. The fraction of sp³-hybridized carbons (Fsp3) is 0.552. The van der Waals surface area contributed by atoms with E-state index in [2.05, 4.69) is 10.6 Å². The first-order valence-electron chi connectivity index (χ1n) is 26.2. The molecule has 2 aromatic heterocycles. The zero-order chi connectivity index (χ0) is 52.4. The van der Waals surface area contributed by atoms with Gasteiger partial charge in [-0.2, -0.15) is 0 Å². The summed E-state index contributed by atoms with van der Waals surface area (Å²) in [4.78, 5) is 59.7. The third kappa shape index (κ3) is 11.2. The van der Waals surface area contributed by atoms with Crippen molar-refractivity contribution in [2.24, 2.45) is 22.7 Å². The first-order valence-corrected chi connectivity index (χ1v) is 26.2. The second kappa shape index (κ2) is 22.4. The Labute approximate surface area is 424 Å². The molecule has 72 heavy (non-hydrogen) atoms. The van der Waals surface area contributed by atoms with Crippen molar-refractivity contribution in [2.45, 2.75) is 151 Å². The van der Waals surface area contributed by atoms with E-state index in [9.17, 15) is 29.4 Å². The van der Waals surface area contributed by atoms with Crippen molar-refractivity contribution in [3.63, 3.8) is 0 Å². The second-order valence-electron chi connectivity index (χ2n) is 22.6. The minimum absolute atomic E-state index is 0.0126. The molecule has 3 amide bonds. The minimum Gasteiger partial charge on any atom is -0.395 e. The summed E-state index contributed by atoms with van der Waals surface area (Å²) in [5, 5.41) is 28.8. The molecule has 0 spiro atoms. The van der Waals surface area contributed by atoms with E-state index in [0.717, 1.165) is 70.1 Å². The van der Waals surface area contributed by atoms with Gasteiger partial charge in [0, 0.05) is 67.3 Å². The third-order valence-corrected chi connectivity index (χ3v) is 15.7. The van der Waals surface area contributed by atoms with Gasteiger partial charge in [0.2, 0.25) is 17.7 Å². The molecule has 4 N–H and O–H groups in total. The van der Waals surface area contributed by atoms with E-state index in [1.165, 1.54) is 24.3 Å². The largest absolute Gasteiger partial charge is 0.395 e. The number of aromatic nitrogens is 2. The van der Waals surface area contributed by atoms with Gasteiger partial charge in [-0.25, -0.2) is 8.78 Å². The van der Waals surface area contributed by atoms with E-state index in [4.69, 9.17) is 0 Å². The van der Waals surface area contributed by atoms with Gasteiger partial charge in [0.15, 0.2) is 0 Å². The van der Waals surface area contributed by atoms with E-state index in [1.54, 1.807) is 19.2 Å². The molecule has 2 fully saturated rings. The summed E-state index contributed by atoms with van der Waals surface area (Å²) in [7, 11) is 1.74. The molecule has 0 saturated carbocycles. The molecule has 2 saturated heterocycles. The van der Waals surface area contributed by atoms with Crippen molar-refractivity contribution >= 4 is 45.3 Å². The molecular weight excluding hydrogens is 915 g/mol. The molecule has 3 aromatic carbocycles. The van der Waals surface area contributed by atoms with Crippen molar-refractivity contribution in [3.8, 4) is 22.5 Å². The summed E-state index contributed by atoms with van der Waals surface area (Å²) in [6, 6.07) is 15.9. The van der Waals surface area contributed by atoms with Crippen LogP contribution in [0.1, 0.15) is 112 Å².